The summed E-state index contributed by atoms with van der Waals surface area (Å²) < 4.78 is 4.64. The molecular weight excluding hydrogens is 122 g/mol. The molecule has 50 valence electrons. The number of hydrogen-bond donors (Lipinski definition) is 0. The summed E-state index contributed by atoms with van der Waals surface area (Å²) in [7, 11) is 0. The molecular formula is C5H7NO3. The van der Waals surface area contributed by atoms with Gasteiger partial charge in [-0.3, -0.25) is 14.9 Å². The van der Waals surface area contributed by atoms with E-state index in [1.54, 1.807) is 6.92 Å². The van der Waals surface area contributed by atoms with Crippen LogP contribution in [0.1, 0.15) is 6.92 Å². The van der Waals surface area contributed by atoms with Gasteiger partial charge in [-0.25, -0.2) is 0 Å². The van der Waals surface area contributed by atoms with Gasteiger partial charge in [-0.05, 0) is 12.5 Å². The molecule has 0 spiro atoms. The van der Waals surface area contributed by atoms with E-state index in [0.29, 0.717) is 0 Å². The first-order chi connectivity index (χ1) is 4.13. The third kappa shape index (κ3) is 1.08. The Labute approximate surface area is 52.3 Å². The van der Waals surface area contributed by atoms with Gasteiger partial charge in [0.25, 0.3) is 0 Å². The van der Waals surface area contributed by atoms with Gasteiger partial charge in [0.05, 0.1) is 4.92 Å². The highest BCUT2D eigenvalue weighted by atomic mass is 16.7. The van der Waals surface area contributed by atoms with Crippen molar-refractivity contribution in [1.82, 2.24) is 0 Å². The summed E-state index contributed by atoms with van der Waals surface area (Å²) in [6.07, 6.45) is -1.15. The highest BCUT2D eigenvalue weighted by Gasteiger charge is 2.50. The van der Waals surface area contributed by atoms with Gasteiger partial charge >= 0.3 is 6.23 Å². The van der Waals surface area contributed by atoms with Crippen LogP contribution in [0.4, 0.5) is 0 Å². The molecule has 1 fully saturated rings. The molecule has 0 amide bonds. The first-order valence-electron chi connectivity index (χ1n) is 2.57. The average Bonchev–Trinajstić information content (AvgIpc) is 2.39. The van der Waals surface area contributed by atoms with Gasteiger partial charge in [0.15, 0.2) is 6.10 Å². The van der Waals surface area contributed by atoms with Gasteiger partial charge in [0, 0.05) is 0 Å². The first kappa shape index (κ1) is 6.22. The van der Waals surface area contributed by atoms with Crippen LogP contribution in [-0.4, -0.2) is 17.3 Å². The van der Waals surface area contributed by atoms with Gasteiger partial charge in [0.1, 0.15) is 0 Å². The zero-order chi connectivity index (χ0) is 7.02. The van der Waals surface area contributed by atoms with Crippen LogP contribution < -0.4 is 0 Å². The van der Waals surface area contributed by atoms with Gasteiger partial charge in [-0.15, -0.1) is 0 Å². The van der Waals surface area contributed by atoms with E-state index >= 15 is 0 Å². The monoisotopic (exact) mass is 129 g/mol. The molecule has 0 N–H and O–H groups in total. The fourth-order valence-corrected chi connectivity index (χ4v) is 0.625. The highest BCUT2D eigenvalue weighted by Crippen LogP contribution is 2.27. The molecule has 0 aliphatic carbocycles. The van der Waals surface area contributed by atoms with Crippen molar-refractivity contribution in [3.05, 3.63) is 22.3 Å². The van der Waals surface area contributed by atoms with Crippen molar-refractivity contribution < 1.29 is 9.66 Å². The minimum Gasteiger partial charge on any atom is -0.297 e. The van der Waals surface area contributed by atoms with Crippen LogP contribution in [0.2, 0.25) is 0 Å². The van der Waals surface area contributed by atoms with Crippen LogP contribution >= 0.6 is 0 Å². The summed E-state index contributed by atoms with van der Waals surface area (Å²) in [5, 5.41) is 9.92. The smallest absolute Gasteiger partial charge is 0.297 e. The molecule has 2 atom stereocenters. The number of epoxide rings is 1. The van der Waals surface area contributed by atoms with Crippen molar-refractivity contribution in [3.63, 3.8) is 0 Å². The molecule has 0 aromatic carbocycles. The minimum atomic E-state index is -0.817. The molecule has 0 saturated carbocycles. The fraction of sp³-hybridized carbons (Fsp3) is 0.600. The lowest BCUT2D eigenvalue weighted by molar-refractivity contribution is -0.516. The number of nitrogens with zero attached hydrogens (tertiary/aromatic N) is 1. The molecule has 4 nitrogen and oxygen atoms in total. The molecule has 0 bridgehead atoms. The molecule has 4 heteroatoms. The summed E-state index contributed by atoms with van der Waals surface area (Å²) in [5.41, 5.74) is 0.719. The summed E-state index contributed by atoms with van der Waals surface area (Å²) in [4.78, 5) is 9.47. The molecule has 1 rings (SSSR count). The molecule has 0 aromatic rings. The second kappa shape index (κ2) is 1.80. The number of rotatable bonds is 2. The van der Waals surface area contributed by atoms with E-state index < -0.39 is 11.2 Å². The quantitative estimate of drug-likeness (QED) is 0.237. The Morgan fingerprint density at radius 3 is 2.56 bits per heavy atom. The largest absolute Gasteiger partial charge is 0.346 e. The molecule has 2 unspecified atom stereocenters. The van der Waals surface area contributed by atoms with E-state index in [4.69, 9.17) is 0 Å². The SMILES string of the molecule is C=C(C)C1OC1[N+](=O)[O-]. The lowest BCUT2D eigenvalue weighted by Crippen LogP contribution is -2.06. The van der Waals surface area contributed by atoms with Gasteiger partial charge < -0.3 is 0 Å². The van der Waals surface area contributed by atoms with Crippen LogP contribution in [0.5, 0.6) is 0 Å². The van der Waals surface area contributed by atoms with Crippen molar-refractivity contribution in [3.8, 4) is 0 Å². The van der Waals surface area contributed by atoms with Crippen molar-refractivity contribution in [2.24, 2.45) is 0 Å². The zero-order valence-electron chi connectivity index (χ0n) is 5.03. The number of ether oxygens (including phenoxy) is 1. The summed E-state index contributed by atoms with van der Waals surface area (Å²) >= 11 is 0. The van der Waals surface area contributed by atoms with E-state index in [-0.39, 0.29) is 6.10 Å². The van der Waals surface area contributed by atoms with E-state index in [1.165, 1.54) is 0 Å². The van der Waals surface area contributed by atoms with Gasteiger partial charge in [0.2, 0.25) is 0 Å². The molecule has 1 heterocycles. The van der Waals surface area contributed by atoms with E-state index in [1.807, 2.05) is 0 Å². The van der Waals surface area contributed by atoms with Crippen LogP contribution in [0, 0.1) is 10.1 Å². The third-order valence-electron chi connectivity index (χ3n) is 1.16. The average molecular weight is 129 g/mol. The predicted octanol–water partition coefficient (Wildman–Crippen LogP) is 0.564. The van der Waals surface area contributed by atoms with E-state index in [9.17, 15) is 10.1 Å². The predicted molar refractivity (Wildman–Crippen MR) is 30.5 cm³/mol. The summed E-state index contributed by atoms with van der Waals surface area (Å²) in [5.74, 6) is 0. The highest BCUT2D eigenvalue weighted by molar-refractivity contribution is 5.06. The van der Waals surface area contributed by atoms with Gasteiger partial charge in [-0.2, -0.15) is 0 Å². The maximum atomic E-state index is 9.92. The van der Waals surface area contributed by atoms with Crippen molar-refractivity contribution in [1.29, 1.82) is 0 Å². The maximum Gasteiger partial charge on any atom is 0.346 e. The molecule has 1 aliphatic heterocycles. The third-order valence-corrected chi connectivity index (χ3v) is 1.16. The van der Waals surface area contributed by atoms with Crippen molar-refractivity contribution in [2.45, 2.75) is 19.3 Å². The summed E-state index contributed by atoms with van der Waals surface area (Å²) in [6.45, 7) is 5.24. The van der Waals surface area contributed by atoms with E-state index in [2.05, 4.69) is 11.3 Å². The maximum absolute atomic E-state index is 9.92. The lowest BCUT2D eigenvalue weighted by Gasteiger charge is -1.82. The Bertz CT molecular complexity index is 148. The second-order valence-corrected chi connectivity index (χ2v) is 2.08. The number of hydrogen-bond acceptors (Lipinski definition) is 3. The van der Waals surface area contributed by atoms with Crippen LogP contribution in [0.25, 0.3) is 0 Å². The Kier molecular flexibility index (Phi) is 1.25. The normalized spacial score (nSPS) is 31.7. The molecule has 1 aliphatic rings. The Balaban J connectivity index is 2.42. The molecule has 1 saturated heterocycles. The molecule has 0 aromatic heterocycles. The van der Waals surface area contributed by atoms with Crippen molar-refractivity contribution >= 4 is 0 Å². The standard InChI is InChI=1S/C5H7NO3/c1-3(2)4-5(9-4)6(7)8/h4-5H,1H2,2H3. The van der Waals surface area contributed by atoms with Crippen LogP contribution in [0.3, 0.4) is 0 Å². The van der Waals surface area contributed by atoms with Crippen LogP contribution in [0.15, 0.2) is 12.2 Å². The minimum absolute atomic E-state index is 0.333. The van der Waals surface area contributed by atoms with Crippen molar-refractivity contribution in [2.75, 3.05) is 0 Å². The zero-order valence-corrected chi connectivity index (χ0v) is 5.03. The Morgan fingerprint density at radius 2 is 2.44 bits per heavy atom. The van der Waals surface area contributed by atoms with Crippen LogP contribution in [-0.2, 0) is 4.74 Å². The Morgan fingerprint density at radius 1 is 1.89 bits per heavy atom. The molecule has 0 radical (unpaired) electrons. The number of nitro groups is 1. The first-order valence-corrected chi connectivity index (χ1v) is 2.57. The lowest BCUT2D eigenvalue weighted by atomic mass is 10.2. The second-order valence-electron chi connectivity index (χ2n) is 2.08. The molecule has 9 heavy (non-hydrogen) atoms. The van der Waals surface area contributed by atoms with Gasteiger partial charge in [-0.1, -0.05) is 6.58 Å². The fourth-order valence-electron chi connectivity index (χ4n) is 0.625. The van der Waals surface area contributed by atoms with E-state index in [0.717, 1.165) is 5.57 Å². The Hall–Kier alpha value is -0.900. The topological polar surface area (TPSA) is 55.7 Å². The summed E-state index contributed by atoms with van der Waals surface area (Å²) in [6, 6.07) is 0.